The fourth-order valence-corrected chi connectivity index (χ4v) is 1.84. The molecule has 0 atom stereocenters. The van der Waals surface area contributed by atoms with Crippen molar-refractivity contribution in [3.8, 4) is 6.07 Å². The molecule has 5 nitrogen and oxygen atoms in total. The average Bonchev–Trinajstić information content (AvgIpc) is 2.56. The molecule has 0 bridgehead atoms. The lowest BCUT2D eigenvalue weighted by molar-refractivity contribution is -0.137. The van der Waals surface area contributed by atoms with Gasteiger partial charge in [0, 0.05) is 18.1 Å². The van der Waals surface area contributed by atoms with Crippen molar-refractivity contribution in [2.24, 2.45) is 0 Å². The first-order chi connectivity index (χ1) is 11.8. The fourth-order valence-electron chi connectivity index (χ4n) is 1.73. The first-order valence-electron chi connectivity index (χ1n) is 6.76. The highest BCUT2D eigenvalue weighted by atomic mass is 35.5. The molecule has 0 saturated carbocycles. The van der Waals surface area contributed by atoms with Gasteiger partial charge < -0.3 is 10.6 Å². The Labute approximate surface area is 145 Å². The highest BCUT2D eigenvalue weighted by Gasteiger charge is 2.30. The van der Waals surface area contributed by atoms with Gasteiger partial charge in [-0.2, -0.15) is 18.4 Å². The van der Waals surface area contributed by atoms with Crippen LogP contribution in [0.2, 0.25) is 5.02 Å². The van der Waals surface area contributed by atoms with Crippen LogP contribution in [-0.4, -0.2) is 10.9 Å². The SMILES string of the molecule is N#C/C(=C/Nc1ccc(Cl)cn1)C(=O)Nc1cccc(C(F)(F)F)c1. The van der Waals surface area contributed by atoms with E-state index in [2.05, 4.69) is 15.6 Å². The second kappa shape index (κ2) is 7.68. The fraction of sp³-hybridized carbons (Fsp3) is 0.0625. The van der Waals surface area contributed by atoms with Crippen LogP contribution in [0, 0.1) is 11.3 Å². The molecule has 1 amide bonds. The van der Waals surface area contributed by atoms with Crippen LogP contribution in [0.25, 0.3) is 0 Å². The van der Waals surface area contributed by atoms with E-state index in [1.54, 1.807) is 12.1 Å². The molecule has 0 saturated heterocycles. The number of halogens is 4. The van der Waals surface area contributed by atoms with Gasteiger partial charge in [-0.3, -0.25) is 4.79 Å². The summed E-state index contributed by atoms with van der Waals surface area (Å²) in [6.07, 6.45) is -2.07. The standard InChI is InChI=1S/C16H10ClF3N4O/c17-12-4-5-14(23-9-12)22-8-10(7-21)15(25)24-13-3-1-2-11(6-13)16(18,19)20/h1-6,8-9H,(H,22,23)(H,24,25)/b10-8-. The highest BCUT2D eigenvalue weighted by molar-refractivity contribution is 6.30. The number of nitriles is 1. The Morgan fingerprint density at radius 1 is 1.28 bits per heavy atom. The number of pyridine rings is 1. The molecular weight excluding hydrogens is 357 g/mol. The second-order valence-corrected chi connectivity index (χ2v) is 5.14. The summed E-state index contributed by atoms with van der Waals surface area (Å²) in [6, 6.07) is 8.84. The topological polar surface area (TPSA) is 77.8 Å². The van der Waals surface area contributed by atoms with Crippen LogP contribution in [0.5, 0.6) is 0 Å². The number of benzene rings is 1. The van der Waals surface area contributed by atoms with E-state index in [1.165, 1.54) is 18.3 Å². The first-order valence-corrected chi connectivity index (χ1v) is 7.14. The van der Waals surface area contributed by atoms with Crippen molar-refractivity contribution in [3.05, 3.63) is 65.0 Å². The molecule has 1 heterocycles. The summed E-state index contributed by atoms with van der Waals surface area (Å²) >= 11 is 5.68. The van der Waals surface area contributed by atoms with Crippen molar-refractivity contribution in [1.29, 1.82) is 5.26 Å². The molecule has 128 valence electrons. The number of carbonyl (C=O) groups excluding carboxylic acids is 1. The number of nitrogens with one attached hydrogen (secondary N) is 2. The number of amides is 1. The number of alkyl halides is 3. The van der Waals surface area contributed by atoms with Gasteiger partial charge in [0.1, 0.15) is 17.5 Å². The molecule has 0 fully saturated rings. The van der Waals surface area contributed by atoms with Gasteiger partial charge in [-0.25, -0.2) is 4.98 Å². The minimum absolute atomic E-state index is 0.0782. The zero-order valence-corrected chi connectivity index (χ0v) is 13.2. The zero-order chi connectivity index (χ0) is 18.4. The summed E-state index contributed by atoms with van der Waals surface area (Å²) in [6.45, 7) is 0. The van der Waals surface area contributed by atoms with Gasteiger partial charge in [-0.15, -0.1) is 0 Å². The van der Waals surface area contributed by atoms with E-state index in [1.807, 2.05) is 0 Å². The summed E-state index contributed by atoms with van der Waals surface area (Å²) in [5.74, 6) is -0.521. The zero-order valence-electron chi connectivity index (χ0n) is 12.4. The molecule has 0 aliphatic carbocycles. The molecule has 25 heavy (non-hydrogen) atoms. The van der Waals surface area contributed by atoms with E-state index < -0.39 is 17.6 Å². The smallest absolute Gasteiger partial charge is 0.345 e. The number of hydrogen-bond donors (Lipinski definition) is 2. The summed E-state index contributed by atoms with van der Waals surface area (Å²) in [7, 11) is 0. The Bertz CT molecular complexity index is 842. The summed E-state index contributed by atoms with van der Waals surface area (Å²) in [5, 5.41) is 14.3. The van der Waals surface area contributed by atoms with Crippen molar-refractivity contribution in [1.82, 2.24) is 4.98 Å². The summed E-state index contributed by atoms with van der Waals surface area (Å²) in [4.78, 5) is 15.9. The van der Waals surface area contributed by atoms with Gasteiger partial charge in [0.05, 0.1) is 10.6 Å². The number of rotatable bonds is 4. The number of carbonyl (C=O) groups is 1. The van der Waals surface area contributed by atoms with Crippen LogP contribution in [0.1, 0.15) is 5.56 Å². The molecule has 1 aromatic heterocycles. The van der Waals surface area contributed by atoms with E-state index in [0.717, 1.165) is 24.4 Å². The van der Waals surface area contributed by atoms with Crippen LogP contribution in [-0.2, 0) is 11.0 Å². The second-order valence-electron chi connectivity index (χ2n) is 4.71. The van der Waals surface area contributed by atoms with E-state index in [-0.39, 0.29) is 11.3 Å². The van der Waals surface area contributed by atoms with Crippen molar-refractivity contribution in [3.63, 3.8) is 0 Å². The third kappa shape index (κ3) is 5.22. The van der Waals surface area contributed by atoms with Gasteiger partial charge in [0.25, 0.3) is 5.91 Å². The van der Waals surface area contributed by atoms with E-state index in [4.69, 9.17) is 16.9 Å². The molecule has 2 aromatic rings. The molecular formula is C16H10ClF3N4O. The maximum Gasteiger partial charge on any atom is 0.416 e. The number of aromatic nitrogens is 1. The molecule has 0 aliphatic rings. The predicted octanol–water partition coefficient (Wildman–Crippen LogP) is 4.21. The van der Waals surface area contributed by atoms with Gasteiger partial charge in [-0.05, 0) is 30.3 Å². The Balaban J connectivity index is 2.11. The average molecular weight is 367 g/mol. The molecule has 9 heteroatoms. The van der Waals surface area contributed by atoms with Gasteiger partial charge in [0.15, 0.2) is 0 Å². The minimum Gasteiger partial charge on any atom is -0.345 e. The largest absolute Gasteiger partial charge is 0.416 e. The maximum absolute atomic E-state index is 12.7. The number of anilines is 2. The molecule has 2 rings (SSSR count). The Morgan fingerprint density at radius 3 is 2.64 bits per heavy atom. The first kappa shape index (κ1) is 18.3. The number of nitrogens with zero attached hydrogens (tertiary/aromatic N) is 2. The van der Waals surface area contributed by atoms with Crippen molar-refractivity contribution >= 4 is 29.0 Å². The highest BCUT2D eigenvalue weighted by Crippen LogP contribution is 2.30. The van der Waals surface area contributed by atoms with Crippen LogP contribution >= 0.6 is 11.6 Å². The lowest BCUT2D eigenvalue weighted by Gasteiger charge is -2.09. The van der Waals surface area contributed by atoms with Gasteiger partial charge >= 0.3 is 6.18 Å². The van der Waals surface area contributed by atoms with E-state index >= 15 is 0 Å². The predicted molar refractivity (Wildman–Crippen MR) is 86.6 cm³/mol. The van der Waals surface area contributed by atoms with E-state index in [9.17, 15) is 18.0 Å². The molecule has 0 radical (unpaired) electrons. The normalized spacial score (nSPS) is 11.6. The third-order valence-corrected chi connectivity index (χ3v) is 3.13. The Hall–Kier alpha value is -3.05. The van der Waals surface area contributed by atoms with Crippen LogP contribution < -0.4 is 10.6 Å². The van der Waals surface area contributed by atoms with Crippen LogP contribution in [0.4, 0.5) is 24.7 Å². The van der Waals surface area contributed by atoms with Gasteiger partial charge in [0.2, 0.25) is 0 Å². The molecule has 0 spiro atoms. The molecule has 2 N–H and O–H groups in total. The van der Waals surface area contributed by atoms with E-state index in [0.29, 0.717) is 10.8 Å². The van der Waals surface area contributed by atoms with Crippen molar-refractivity contribution in [2.75, 3.05) is 10.6 Å². The van der Waals surface area contributed by atoms with Crippen LogP contribution in [0.15, 0.2) is 54.4 Å². The summed E-state index contributed by atoms with van der Waals surface area (Å²) in [5.41, 5.74) is -1.32. The molecule has 1 aromatic carbocycles. The lowest BCUT2D eigenvalue weighted by atomic mass is 10.2. The van der Waals surface area contributed by atoms with Crippen molar-refractivity contribution in [2.45, 2.75) is 6.18 Å². The molecule has 0 aliphatic heterocycles. The van der Waals surface area contributed by atoms with Crippen molar-refractivity contribution < 1.29 is 18.0 Å². The third-order valence-electron chi connectivity index (χ3n) is 2.90. The van der Waals surface area contributed by atoms with Crippen LogP contribution in [0.3, 0.4) is 0 Å². The monoisotopic (exact) mass is 366 g/mol. The van der Waals surface area contributed by atoms with Gasteiger partial charge in [-0.1, -0.05) is 17.7 Å². The number of hydrogen-bond acceptors (Lipinski definition) is 4. The molecule has 0 unspecified atom stereocenters. The quantitative estimate of drug-likeness (QED) is 0.627. The Kier molecular flexibility index (Phi) is 5.62. The minimum atomic E-state index is -4.53. The lowest BCUT2D eigenvalue weighted by Crippen LogP contribution is -2.15. The summed E-state index contributed by atoms with van der Waals surface area (Å²) < 4.78 is 38.0. The Morgan fingerprint density at radius 2 is 2.04 bits per heavy atom. The maximum atomic E-state index is 12.7.